The summed E-state index contributed by atoms with van der Waals surface area (Å²) in [7, 11) is 0. The van der Waals surface area contributed by atoms with Gasteiger partial charge in [-0.3, -0.25) is 43.4 Å². The van der Waals surface area contributed by atoms with Crippen molar-refractivity contribution in [3.8, 4) is 11.5 Å². The Morgan fingerprint density at radius 1 is 1.06 bits per heavy atom. The molecule has 4 atom stereocenters. The van der Waals surface area contributed by atoms with Gasteiger partial charge in [0, 0.05) is 45.1 Å². The Kier molecular flexibility index (Phi) is 9.70. The number of esters is 2. The van der Waals surface area contributed by atoms with Crippen LogP contribution in [-0.2, 0) is 38.4 Å². The van der Waals surface area contributed by atoms with Crippen molar-refractivity contribution in [2.45, 2.75) is 62.5 Å². The highest BCUT2D eigenvalue weighted by Gasteiger charge is 2.74. The lowest BCUT2D eigenvalue weighted by molar-refractivity contribution is -0.176. The predicted octanol–water partition coefficient (Wildman–Crippen LogP) is -1.18. The third kappa shape index (κ3) is 5.98. The second kappa shape index (κ2) is 13.1. The summed E-state index contributed by atoms with van der Waals surface area (Å²) in [5.74, 6) is -10.7. The molecule has 0 spiro atoms. The van der Waals surface area contributed by atoms with E-state index in [1.807, 2.05) is 0 Å². The number of aliphatic carboxylic acids is 1. The maximum atomic E-state index is 15.8. The molecule has 4 N–H and O–H groups in total. The Balaban J connectivity index is 1.81. The number of nitrogens with zero attached hydrogens (tertiary/aromatic N) is 3. The summed E-state index contributed by atoms with van der Waals surface area (Å²) < 4.78 is 24.2. The molecule has 0 aliphatic carbocycles. The van der Waals surface area contributed by atoms with Gasteiger partial charge >= 0.3 is 35.8 Å². The minimum atomic E-state index is -2.54. The maximum absolute atomic E-state index is 15.8. The smallest absolute Gasteiger partial charge is 0.352 e. The molecule has 3 aliphatic heterocycles. The molecule has 0 radical (unpaired) electrons. The number of hydrogen-bond acceptors (Lipinski definition) is 12. The van der Waals surface area contributed by atoms with E-state index >= 15 is 4.39 Å². The van der Waals surface area contributed by atoms with Gasteiger partial charge < -0.3 is 35.4 Å². The van der Waals surface area contributed by atoms with Gasteiger partial charge in [-0.1, -0.05) is 0 Å². The van der Waals surface area contributed by atoms with Crippen molar-refractivity contribution in [2.75, 3.05) is 19.6 Å². The molecule has 4 rings (SSSR count). The average molecular weight is 695 g/mol. The van der Waals surface area contributed by atoms with Crippen molar-refractivity contribution < 1.29 is 62.1 Å². The van der Waals surface area contributed by atoms with E-state index in [1.54, 1.807) is 6.92 Å². The zero-order valence-corrected chi connectivity index (χ0v) is 27.0. The normalized spacial score (nSPS) is 23.4. The lowest BCUT2D eigenvalue weighted by Crippen LogP contribution is -2.80. The van der Waals surface area contributed by atoms with Crippen molar-refractivity contribution in [1.29, 1.82) is 0 Å². The standard InChI is InChI=1S/C28H31FN6O12S/c1-6-33-7-8-34(23(42)22(33)41)26(45)31-18(14-9-16(46-12(2)37)17(10-15(14)29)47-13(3)38)20(39)32-28(25(43)44)27(4,5)48-24-19(30-11-36)21(40)35(24)28/h9-11,18-19,24H,6-8H2,1-5H3,(H,30,36)(H,31,45)(H,32,39)(H,43,44)/t18?,19-,24+,28-/m0/s1. The topological polar surface area (TPSA) is 238 Å². The van der Waals surface area contributed by atoms with Crippen LogP contribution in [0.3, 0.4) is 0 Å². The number of carbonyl (C=O) groups is 9. The molecule has 1 aromatic carbocycles. The fraction of sp³-hybridized carbons (Fsp3) is 0.464. The number of thioether (sulfide) groups is 1. The molecule has 7 amide bonds. The van der Waals surface area contributed by atoms with Gasteiger partial charge in [0.2, 0.25) is 18.0 Å². The third-order valence-electron chi connectivity index (χ3n) is 7.90. The number of nitrogens with one attached hydrogen (secondary N) is 3. The number of amides is 7. The molecule has 48 heavy (non-hydrogen) atoms. The second-order valence-electron chi connectivity index (χ2n) is 11.2. The van der Waals surface area contributed by atoms with Crippen molar-refractivity contribution in [3.63, 3.8) is 0 Å². The number of hydrogen-bond donors (Lipinski definition) is 4. The van der Waals surface area contributed by atoms with E-state index in [1.165, 1.54) is 18.7 Å². The van der Waals surface area contributed by atoms with Gasteiger partial charge in [-0.05, 0) is 26.8 Å². The van der Waals surface area contributed by atoms with E-state index in [0.717, 1.165) is 36.6 Å². The number of fused-ring (bicyclic) bond motifs is 1. The van der Waals surface area contributed by atoms with Crippen LogP contribution in [0.5, 0.6) is 11.5 Å². The summed E-state index contributed by atoms with van der Waals surface area (Å²) in [6.07, 6.45) is 0.258. The Morgan fingerprint density at radius 3 is 2.21 bits per heavy atom. The molecule has 3 heterocycles. The van der Waals surface area contributed by atoms with Gasteiger partial charge in [0.05, 0.1) is 4.75 Å². The number of benzene rings is 1. The average Bonchev–Trinajstić information content (AvgIpc) is 3.20. The first kappa shape index (κ1) is 35.6. The van der Waals surface area contributed by atoms with Crippen LogP contribution >= 0.6 is 11.8 Å². The number of β-lactam (4-membered cyclic amide) rings is 1. The van der Waals surface area contributed by atoms with Gasteiger partial charge in [0.15, 0.2) is 11.5 Å². The number of halogens is 1. The molecule has 18 nitrogen and oxygen atoms in total. The van der Waals surface area contributed by atoms with Crippen molar-refractivity contribution >= 4 is 65.7 Å². The van der Waals surface area contributed by atoms with Crippen LogP contribution in [0.4, 0.5) is 9.18 Å². The van der Waals surface area contributed by atoms with E-state index in [9.17, 15) is 48.3 Å². The van der Waals surface area contributed by atoms with Crippen molar-refractivity contribution in [1.82, 2.24) is 30.7 Å². The van der Waals surface area contributed by atoms with E-state index in [-0.39, 0.29) is 26.0 Å². The van der Waals surface area contributed by atoms with Gasteiger partial charge in [-0.15, -0.1) is 11.8 Å². The summed E-state index contributed by atoms with van der Waals surface area (Å²) in [6, 6.07) is -3.38. The van der Waals surface area contributed by atoms with Crippen LogP contribution in [-0.4, -0.2) is 115 Å². The fourth-order valence-corrected chi connectivity index (χ4v) is 7.33. The molecule has 0 bridgehead atoms. The second-order valence-corrected chi connectivity index (χ2v) is 13.0. The molecule has 0 saturated carbocycles. The lowest BCUT2D eigenvalue weighted by Gasteiger charge is -2.49. The van der Waals surface area contributed by atoms with E-state index < -0.39 is 98.3 Å². The monoisotopic (exact) mass is 694 g/mol. The quantitative estimate of drug-likeness (QED) is 0.0743. The minimum absolute atomic E-state index is 0.0601. The van der Waals surface area contributed by atoms with Crippen LogP contribution in [0.15, 0.2) is 12.1 Å². The Morgan fingerprint density at radius 2 is 1.67 bits per heavy atom. The number of ether oxygens (including phenoxy) is 2. The van der Waals surface area contributed by atoms with Crippen LogP contribution in [0.25, 0.3) is 0 Å². The van der Waals surface area contributed by atoms with Gasteiger partial charge in [0.25, 0.3) is 5.91 Å². The number of carbonyl (C=O) groups excluding carboxylic acids is 8. The van der Waals surface area contributed by atoms with E-state index in [2.05, 4.69) is 16.0 Å². The Hall–Kier alpha value is -5.27. The maximum Gasteiger partial charge on any atom is 0.352 e. The predicted molar refractivity (Wildman–Crippen MR) is 158 cm³/mol. The summed E-state index contributed by atoms with van der Waals surface area (Å²) in [4.78, 5) is 116. The number of rotatable bonds is 10. The van der Waals surface area contributed by atoms with E-state index in [0.29, 0.717) is 11.0 Å². The molecule has 1 aromatic rings. The van der Waals surface area contributed by atoms with Crippen LogP contribution in [0.2, 0.25) is 0 Å². The highest BCUT2D eigenvalue weighted by molar-refractivity contribution is 8.01. The molecule has 3 fully saturated rings. The first-order chi connectivity index (χ1) is 22.4. The molecule has 20 heteroatoms. The summed E-state index contributed by atoms with van der Waals surface area (Å²) >= 11 is 0.939. The highest BCUT2D eigenvalue weighted by atomic mass is 32.2. The molecule has 0 aromatic heterocycles. The third-order valence-corrected chi connectivity index (χ3v) is 9.51. The molecule has 1 unspecified atom stereocenters. The van der Waals surface area contributed by atoms with Crippen molar-refractivity contribution in [3.05, 3.63) is 23.5 Å². The number of carboxylic acids is 1. The Labute approximate surface area is 275 Å². The molecule has 3 aliphatic rings. The number of piperazine rings is 1. The van der Waals surface area contributed by atoms with E-state index in [4.69, 9.17) is 9.47 Å². The molecular weight excluding hydrogens is 663 g/mol. The van der Waals surface area contributed by atoms with Crippen LogP contribution < -0.4 is 25.4 Å². The lowest BCUT2D eigenvalue weighted by atomic mass is 9.88. The number of likely N-dealkylation sites (N-methyl/N-ethyl adjacent to an activating group) is 1. The zero-order chi connectivity index (χ0) is 35.9. The number of imide groups is 1. The summed E-state index contributed by atoms with van der Waals surface area (Å²) in [5, 5.41) is 16.2. The fourth-order valence-electron chi connectivity index (χ4n) is 5.62. The van der Waals surface area contributed by atoms with Gasteiger partial charge in [-0.25, -0.2) is 14.0 Å². The van der Waals surface area contributed by atoms with Gasteiger partial charge in [-0.2, -0.15) is 0 Å². The largest absolute Gasteiger partial charge is 0.478 e. The Bertz CT molecular complexity index is 1640. The molecule has 258 valence electrons. The van der Waals surface area contributed by atoms with Crippen LogP contribution in [0.1, 0.15) is 46.2 Å². The van der Waals surface area contributed by atoms with Gasteiger partial charge in [0.1, 0.15) is 23.3 Å². The minimum Gasteiger partial charge on any atom is -0.478 e. The first-order valence-corrected chi connectivity index (χ1v) is 15.2. The summed E-state index contributed by atoms with van der Waals surface area (Å²) in [6.45, 7) is 6.13. The highest BCUT2D eigenvalue weighted by Crippen LogP contribution is 2.55. The SMILES string of the molecule is CCN1CCN(C(=O)NC(C(=O)N[C@@]2(C(=O)O)N3C(=O)[C@H](NC=O)[C@H]3SC2(C)C)c2cc(OC(C)=O)c(OC(C)=O)cc2F)C(=O)C1=O. The first-order valence-electron chi connectivity index (χ1n) is 14.3. The summed E-state index contributed by atoms with van der Waals surface area (Å²) in [5.41, 5.74) is -3.29. The molecule has 3 saturated heterocycles. The van der Waals surface area contributed by atoms with Crippen LogP contribution in [0, 0.1) is 5.82 Å². The number of urea groups is 1. The molecular formula is C28H31FN6O12S. The zero-order valence-electron chi connectivity index (χ0n) is 26.2. The number of carboxylic acid groups (broad SMARTS) is 1. The van der Waals surface area contributed by atoms with Crippen molar-refractivity contribution in [2.24, 2.45) is 0 Å².